The lowest BCUT2D eigenvalue weighted by atomic mass is 10.1. The lowest BCUT2D eigenvalue weighted by molar-refractivity contribution is -0.121. The van der Waals surface area contributed by atoms with Crippen molar-refractivity contribution in [1.29, 1.82) is 0 Å². The second-order valence-corrected chi connectivity index (χ2v) is 6.41. The van der Waals surface area contributed by atoms with E-state index in [1.165, 1.54) is 37.8 Å². The highest BCUT2D eigenvalue weighted by molar-refractivity contribution is 7.80. The van der Waals surface area contributed by atoms with Gasteiger partial charge < -0.3 is 5.32 Å². The van der Waals surface area contributed by atoms with Crippen molar-refractivity contribution in [1.82, 2.24) is 10.9 Å². The van der Waals surface area contributed by atoms with Crippen molar-refractivity contribution < 1.29 is 9.18 Å². The average Bonchev–Trinajstić information content (AvgIpc) is 2.55. The Kier molecular flexibility index (Phi) is 10.4. The fourth-order valence-corrected chi connectivity index (χ4v) is 2.56. The first-order chi connectivity index (χ1) is 11.5. The number of hydrazine groups is 1. The molecule has 0 unspecified atom stereocenters. The number of halogens is 2. The van der Waals surface area contributed by atoms with Gasteiger partial charge in [-0.2, -0.15) is 0 Å². The third-order valence-corrected chi connectivity index (χ3v) is 4.04. The number of thiocarbonyl (C=S) groups is 1. The summed E-state index contributed by atoms with van der Waals surface area (Å²) in [6, 6.07) is 4.33. The predicted molar refractivity (Wildman–Crippen MR) is 102 cm³/mol. The van der Waals surface area contributed by atoms with Crippen LogP contribution in [0.3, 0.4) is 0 Å². The second kappa shape index (κ2) is 12.0. The number of rotatable bonds is 9. The highest BCUT2D eigenvalue weighted by Gasteiger charge is 2.09. The molecule has 3 N–H and O–H groups in total. The van der Waals surface area contributed by atoms with Crippen molar-refractivity contribution in [2.75, 3.05) is 5.32 Å². The lowest BCUT2D eigenvalue weighted by Gasteiger charge is -2.13. The fourth-order valence-electron chi connectivity index (χ4n) is 2.19. The van der Waals surface area contributed by atoms with Gasteiger partial charge in [0.15, 0.2) is 5.11 Å². The van der Waals surface area contributed by atoms with E-state index in [-0.39, 0.29) is 21.7 Å². The van der Waals surface area contributed by atoms with E-state index >= 15 is 0 Å². The van der Waals surface area contributed by atoms with Gasteiger partial charge in [0, 0.05) is 6.42 Å². The van der Waals surface area contributed by atoms with Crippen molar-refractivity contribution in [3.63, 3.8) is 0 Å². The largest absolute Gasteiger partial charge is 0.328 e. The van der Waals surface area contributed by atoms with Crippen LogP contribution in [0.25, 0.3) is 0 Å². The van der Waals surface area contributed by atoms with Gasteiger partial charge in [-0.15, -0.1) is 0 Å². The molecule has 1 amide bonds. The van der Waals surface area contributed by atoms with E-state index in [1.54, 1.807) is 6.07 Å². The summed E-state index contributed by atoms with van der Waals surface area (Å²) in [5.74, 6) is -0.659. The van der Waals surface area contributed by atoms with Gasteiger partial charge in [0.1, 0.15) is 5.82 Å². The molecule has 0 heterocycles. The van der Waals surface area contributed by atoms with Gasteiger partial charge in [-0.05, 0) is 30.8 Å². The smallest absolute Gasteiger partial charge is 0.238 e. The van der Waals surface area contributed by atoms with Crippen LogP contribution in [-0.4, -0.2) is 11.0 Å². The topological polar surface area (TPSA) is 53.2 Å². The summed E-state index contributed by atoms with van der Waals surface area (Å²) in [7, 11) is 0. The fraction of sp³-hybridized carbons (Fsp3) is 0.529. The first kappa shape index (κ1) is 20.6. The Morgan fingerprint density at radius 2 is 1.79 bits per heavy atom. The molecule has 4 nitrogen and oxygen atoms in total. The molecule has 1 rings (SSSR count). The van der Waals surface area contributed by atoms with Gasteiger partial charge in [0.25, 0.3) is 0 Å². The summed E-state index contributed by atoms with van der Waals surface area (Å²) in [6.07, 6.45) is 8.49. The van der Waals surface area contributed by atoms with E-state index < -0.39 is 5.82 Å². The SMILES string of the molecule is CCCCCCCCCC(=O)NNC(=S)Nc1c(F)cccc1Cl. The minimum Gasteiger partial charge on any atom is -0.328 e. The van der Waals surface area contributed by atoms with E-state index in [4.69, 9.17) is 23.8 Å². The molecular formula is C17H25ClFN3OS. The predicted octanol–water partition coefficient (Wildman–Crippen LogP) is 4.94. The Bertz CT molecular complexity index is 522. The molecule has 1 aromatic carbocycles. The molecular weight excluding hydrogens is 349 g/mol. The first-order valence-electron chi connectivity index (χ1n) is 8.34. The third-order valence-electron chi connectivity index (χ3n) is 3.52. The summed E-state index contributed by atoms with van der Waals surface area (Å²) in [5.41, 5.74) is 5.13. The van der Waals surface area contributed by atoms with Crippen LogP contribution in [0.4, 0.5) is 10.1 Å². The maximum Gasteiger partial charge on any atom is 0.238 e. The highest BCUT2D eigenvalue weighted by atomic mass is 35.5. The number of amides is 1. The van der Waals surface area contributed by atoms with Crippen LogP contribution in [0.2, 0.25) is 5.02 Å². The lowest BCUT2D eigenvalue weighted by Crippen LogP contribution is -2.43. The Balaban J connectivity index is 2.17. The normalized spacial score (nSPS) is 10.3. The second-order valence-electron chi connectivity index (χ2n) is 5.60. The van der Waals surface area contributed by atoms with E-state index in [0.29, 0.717) is 6.42 Å². The number of benzene rings is 1. The van der Waals surface area contributed by atoms with Crippen molar-refractivity contribution in [3.8, 4) is 0 Å². The maximum absolute atomic E-state index is 13.6. The number of hydrogen-bond acceptors (Lipinski definition) is 2. The molecule has 0 saturated carbocycles. The van der Waals surface area contributed by atoms with Gasteiger partial charge in [-0.3, -0.25) is 15.6 Å². The molecule has 0 bridgehead atoms. The molecule has 0 aliphatic heterocycles. The van der Waals surface area contributed by atoms with Gasteiger partial charge in [-0.1, -0.05) is 63.1 Å². The van der Waals surface area contributed by atoms with Gasteiger partial charge in [0.2, 0.25) is 5.91 Å². The van der Waals surface area contributed by atoms with Crippen LogP contribution in [0.5, 0.6) is 0 Å². The number of unbranched alkanes of at least 4 members (excludes halogenated alkanes) is 6. The zero-order chi connectivity index (χ0) is 17.8. The average molecular weight is 374 g/mol. The molecule has 0 radical (unpaired) electrons. The highest BCUT2D eigenvalue weighted by Crippen LogP contribution is 2.24. The molecule has 134 valence electrons. The molecule has 1 aromatic rings. The zero-order valence-corrected chi connectivity index (χ0v) is 15.5. The number of hydrogen-bond donors (Lipinski definition) is 3. The van der Waals surface area contributed by atoms with Gasteiger partial charge >= 0.3 is 0 Å². The maximum atomic E-state index is 13.6. The van der Waals surface area contributed by atoms with Crippen molar-refractivity contribution in [2.45, 2.75) is 58.3 Å². The molecule has 24 heavy (non-hydrogen) atoms. The Labute approximate surface area is 153 Å². The number of anilines is 1. The van der Waals surface area contributed by atoms with Crippen LogP contribution in [0, 0.1) is 5.82 Å². The van der Waals surface area contributed by atoms with Crippen molar-refractivity contribution >= 4 is 40.5 Å². The van der Waals surface area contributed by atoms with Crippen LogP contribution < -0.4 is 16.2 Å². The summed E-state index contributed by atoms with van der Waals surface area (Å²) in [4.78, 5) is 11.7. The molecule has 7 heteroatoms. The molecule has 0 spiro atoms. The van der Waals surface area contributed by atoms with Gasteiger partial charge in [0.05, 0.1) is 10.7 Å². The minimum atomic E-state index is -0.513. The summed E-state index contributed by atoms with van der Waals surface area (Å²) >= 11 is 10.9. The molecule has 0 saturated heterocycles. The van der Waals surface area contributed by atoms with Crippen LogP contribution in [-0.2, 0) is 4.79 Å². The molecule has 0 aliphatic rings. The summed E-state index contributed by atoms with van der Waals surface area (Å²) in [6.45, 7) is 2.19. The van der Waals surface area contributed by atoms with E-state index in [0.717, 1.165) is 19.3 Å². The molecule has 0 fully saturated rings. The Morgan fingerprint density at radius 3 is 2.46 bits per heavy atom. The van der Waals surface area contributed by atoms with E-state index in [9.17, 15) is 9.18 Å². The van der Waals surface area contributed by atoms with Gasteiger partial charge in [-0.25, -0.2) is 4.39 Å². The molecule has 0 aromatic heterocycles. The first-order valence-corrected chi connectivity index (χ1v) is 9.13. The number of nitrogens with one attached hydrogen (secondary N) is 3. The minimum absolute atomic E-state index is 0.0786. The quantitative estimate of drug-likeness (QED) is 0.326. The van der Waals surface area contributed by atoms with Crippen LogP contribution in [0.1, 0.15) is 58.3 Å². The number of carbonyl (C=O) groups is 1. The van der Waals surface area contributed by atoms with E-state index in [2.05, 4.69) is 23.1 Å². The van der Waals surface area contributed by atoms with Crippen LogP contribution in [0.15, 0.2) is 18.2 Å². The standard InChI is InChI=1S/C17H25ClFN3OS/c1-2-3-4-5-6-7-8-12-15(23)21-22-17(24)20-16-13(18)10-9-11-14(16)19/h9-11H,2-8,12H2,1H3,(H,21,23)(H2,20,22,24). The van der Waals surface area contributed by atoms with E-state index in [1.807, 2.05) is 0 Å². The summed E-state index contributed by atoms with van der Waals surface area (Å²) < 4.78 is 13.6. The number of carbonyl (C=O) groups excluding carboxylic acids is 1. The van der Waals surface area contributed by atoms with Crippen LogP contribution >= 0.6 is 23.8 Å². The third kappa shape index (κ3) is 8.45. The Hall–Kier alpha value is -1.40. The molecule has 0 atom stereocenters. The zero-order valence-electron chi connectivity index (χ0n) is 14.0. The monoisotopic (exact) mass is 373 g/mol. The van der Waals surface area contributed by atoms with Crippen molar-refractivity contribution in [3.05, 3.63) is 29.0 Å². The Morgan fingerprint density at radius 1 is 1.12 bits per heavy atom. The van der Waals surface area contributed by atoms with Crippen molar-refractivity contribution in [2.24, 2.45) is 0 Å². The number of para-hydroxylation sites is 1. The molecule has 0 aliphatic carbocycles. The summed E-state index contributed by atoms with van der Waals surface area (Å²) in [5, 5.41) is 2.92.